The van der Waals surface area contributed by atoms with Gasteiger partial charge < -0.3 is 25.2 Å². The van der Waals surface area contributed by atoms with E-state index in [-0.39, 0.29) is 6.29 Å². The number of carbonyl (C=O) groups is 1. The SMILES string of the molecule is [N-]=[N+]=N[C@@H]([C@H](O)[C@@H](O)C=O)[C@@H](O)CO. The summed E-state index contributed by atoms with van der Waals surface area (Å²) < 4.78 is 0. The van der Waals surface area contributed by atoms with E-state index in [1.165, 1.54) is 0 Å². The van der Waals surface area contributed by atoms with E-state index in [2.05, 4.69) is 10.0 Å². The number of azide groups is 1. The molecule has 0 fully saturated rings. The largest absolute Gasteiger partial charge is 0.394 e. The number of hydrogen-bond donors (Lipinski definition) is 4. The third-order valence-corrected chi connectivity index (χ3v) is 1.61. The van der Waals surface area contributed by atoms with Gasteiger partial charge >= 0.3 is 0 Å². The second-order valence-corrected chi connectivity index (χ2v) is 2.56. The van der Waals surface area contributed by atoms with Crippen LogP contribution in [0.2, 0.25) is 0 Å². The lowest BCUT2D eigenvalue weighted by Gasteiger charge is -2.23. The Morgan fingerprint density at radius 3 is 2.36 bits per heavy atom. The van der Waals surface area contributed by atoms with Gasteiger partial charge in [0.25, 0.3) is 0 Å². The first-order valence-corrected chi connectivity index (χ1v) is 3.73. The van der Waals surface area contributed by atoms with E-state index < -0.39 is 31.0 Å². The first-order chi connectivity index (χ1) is 6.58. The van der Waals surface area contributed by atoms with Crippen molar-refractivity contribution >= 4 is 6.29 Å². The van der Waals surface area contributed by atoms with Crippen LogP contribution in [-0.4, -0.2) is 57.7 Å². The van der Waals surface area contributed by atoms with Gasteiger partial charge in [-0.2, -0.15) is 0 Å². The predicted octanol–water partition coefficient (Wildman–Crippen LogP) is -2.06. The quantitative estimate of drug-likeness (QED) is 0.170. The van der Waals surface area contributed by atoms with E-state index >= 15 is 0 Å². The molecule has 0 spiro atoms. The Morgan fingerprint density at radius 1 is 1.43 bits per heavy atom. The molecule has 0 heterocycles. The van der Waals surface area contributed by atoms with Gasteiger partial charge in [0.15, 0.2) is 6.29 Å². The molecule has 8 nitrogen and oxygen atoms in total. The summed E-state index contributed by atoms with van der Waals surface area (Å²) in [7, 11) is 0. The summed E-state index contributed by atoms with van der Waals surface area (Å²) >= 11 is 0. The highest BCUT2D eigenvalue weighted by Crippen LogP contribution is 2.08. The molecule has 14 heavy (non-hydrogen) atoms. The minimum absolute atomic E-state index is 0.0364. The van der Waals surface area contributed by atoms with Crippen molar-refractivity contribution in [3.05, 3.63) is 10.4 Å². The van der Waals surface area contributed by atoms with Crippen molar-refractivity contribution in [1.82, 2.24) is 0 Å². The van der Waals surface area contributed by atoms with Gasteiger partial charge in [-0.3, -0.25) is 0 Å². The smallest absolute Gasteiger partial charge is 0.151 e. The van der Waals surface area contributed by atoms with Crippen molar-refractivity contribution in [2.45, 2.75) is 24.4 Å². The summed E-state index contributed by atoms with van der Waals surface area (Å²) in [5.41, 5.74) is 8.07. The highest BCUT2D eigenvalue weighted by atomic mass is 16.3. The Morgan fingerprint density at radius 2 is 2.00 bits per heavy atom. The molecule has 0 aromatic rings. The Kier molecular flexibility index (Phi) is 5.77. The normalized spacial score (nSPS) is 18.9. The average molecular weight is 205 g/mol. The van der Waals surface area contributed by atoms with Crippen molar-refractivity contribution in [2.75, 3.05) is 6.61 Å². The van der Waals surface area contributed by atoms with Gasteiger partial charge in [-0.1, -0.05) is 5.11 Å². The van der Waals surface area contributed by atoms with Crippen LogP contribution in [-0.2, 0) is 4.79 Å². The Labute approximate surface area is 79.0 Å². The zero-order valence-electron chi connectivity index (χ0n) is 7.13. The molecular formula is C6H11N3O5. The molecule has 8 heteroatoms. The zero-order valence-corrected chi connectivity index (χ0v) is 7.13. The lowest BCUT2D eigenvalue weighted by Crippen LogP contribution is -2.45. The highest BCUT2D eigenvalue weighted by molar-refractivity contribution is 5.56. The number of nitrogens with zero attached hydrogens (tertiary/aromatic N) is 3. The third kappa shape index (κ3) is 3.29. The molecule has 0 bridgehead atoms. The molecule has 0 rings (SSSR count). The van der Waals surface area contributed by atoms with Gasteiger partial charge in [0.1, 0.15) is 6.10 Å². The molecule has 0 unspecified atom stereocenters. The van der Waals surface area contributed by atoms with Gasteiger partial charge in [0, 0.05) is 4.91 Å². The minimum atomic E-state index is -1.77. The maximum absolute atomic E-state index is 10.1. The van der Waals surface area contributed by atoms with E-state index in [0.717, 1.165) is 0 Å². The molecule has 0 amide bonds. The van der Waals surface area contributed by atoms with Crippen LogP contribution in [0.5, 0.6) is 0 Å². The highest BCUT2D eigenvalue weighted by Gasteiger charge is 2.30. The topological polar surface area (TPSA) is 147 Å². The predicted molar refractivity (Wildman–Crippen MR) is 44.1 cm³/mol. The average Bonchev–Trinajstić information content (AvgIpc) is 2.22. The Hall–Kier alpha value is -1.18. The van der Waals surface area contributed by atoms with Crippen LogP contribution in [0.25, 0.3) is 10.4 Å². The maximum Gasteiger partial charge on any atom is 0.151 e. The number of aldehydes is 1. The summed E-state index contributed by atoms with van der Waals surface area (Å²) in [6.45, 7) is -0.758. The van der Waals surface area contributed by atoms with E-state index in [4.69, 9.17) is 20.9 Å². The van der Waals surface area contributed by atoms with Crippen molar-refractivity contribution in [1.29, 1.82) is 0 Å². The standard InChI is InChI=1S/C6H11N3O5/c7-9-8-5(3(12)1-10)6(14)4(13)2-11/h2-6,10,12-14H,1H2/t3-,4-,5+,6+/m0/s1. The van der Waals surface area contributed by atoms with Gasteiger partial charge in [-0.15, -0.1) is 0 Å². The van der Waals surface area contributed by atoms with Crippen molar-refractivity contribution in [3.8, 4) is 0 Å². The van der Waals surface area contributed by atoms with Gasteiger partial charge in [0.05, 0.1) is 24.9 Å². The Balaban J connectivity index is 4.63. The second-order valence-electron chi connectivity index (χ2n) is 2.56. The summed E-state index contributed by atoms with van der Waals surface area (Å²) in [6, 6.07) is -1.47. The zero-order chi connectivity index (χ0) is 11.1. The van der Waals surface area contributed by atoms with Crippen molar-refractivity contribution in [3.63, 3.8) is 0 Å². The summed E-state index contributed by atoms with van der Waals surface area (Å²) in [5.74, 6) is 0. The number of aliphatic hydroxyl groups excluding tert-OH is 4. The van der Waals surface area contributed by atoms with Crippen LogP contribution >= 0.6 is 0 Å². The molecule has 4 N–H and O–H groups in total. The monoisotopic (exact) mass is 205 g/mol. The van der Waals surface area contributed by atoms with Crippen LogP contribution in [0.4, 0.5) is 0 Å². The van der Waals surface area contributed by atoms with Crippen LogP contribution in [0.3, 0.4) is 0 Å². The lowest BCUT2D eigenvalue weighted by molar-refractivity contribution is -0.122. The molecular weight excluding hydrogens is 194 g/mol. The molecule has 0 aliphatic rings. The lowest BCUT2D eigenvalue weighted by atomic mass is 10.0. The van der Waals surface area contributed by atoms with E-state index in [9.17, 15) is 9.90 Å². The second kappa shape index (κ2) is 6.30. The molecule has 80 valence electrons. The molecule has 4 atom stereocenters. The molecule has 0 radical (unpaired) electrons. The van der Waals surface area contributed by atoms with Crippen LogP contribution in [0.1, 0.15) is 0 Å². The fraction of sp³-hybridized carbons (Fsp3) is 0.833. The number of hydrogen-bond acceptors (Lipinski definition) is 6. The fourth-order valence-electron chi connectivity index (χ4n) is 0.823. The van der Waals surface area contributed by atoms with Gasteiger partial charge in [0.2, 0.25) is 0 Å². The molecule has 0 aliphatic carbocycles. The molecule has 0 aromatic heterocycles. The van der Waals surface area contributed by atoms with E-state index in [1.54, 1.807) is 0 Å². The molecule has 0 saturated heterocycles. The van der Waals surface area contributed by atoms with Crippen LogP contribution in [0, 0.1) is 0 Å². The van der Waals surface area contributed by atoms with E-state index in [0.29, 0.717) is 0 Å². The molecule has 0 aromatic carbocycles. The van der Waals surface area contributed by atoms with Crippen molar-refractivity contribution < 1.29 is 25.2 Å². The first kappa shape index (κ1) is 12.8. The molecule has 0 saturated carbocycles. The van der Waals surface area contributed by atoms with Crippen molar-refractivity contribution in [2.24, 2.45) is 5.11 Å². The Bertz CT molecular complexity index is 230. The van der Waals surface area contributed by atoms with Crippen LogP contribution < -0.4 is 0 Å². The van der Waals surface area contributed by atoms with Gasteiger partial charge in [-0.05, 0) is 5.53 Å². The summed E-state index contributed by atoms with van der Waals surface area (Å²) in [5, 5.41) is 38.6. The number of carbonyl (C=O) groups excluding carboxylic acids is 1. The number of rotatable bonds is 6. The van der Waals surface area contributed by atoms with E-state index in [1.807, 2.05) is 0 Å². The minimum Gasteiger partial charge on any atom is -0.394 e. The number of aliphatic hydroxyl groups is 4. The first-order valence-electron chi connectivity index (χ1n) is 3.73. The van der Waals surface area contributed by atoms with Crippen LogP contribution in [0.15, 0.2) is 5.11 Å². The third-order valence-electron chi connectivity index (χ3n) is 1.61. The fourth-order valence-corrected chi connectivity index (χ4v) is 0.823. The summed E-state index contributed by atoms with van der Waals surface area (Å²) in [4.78, 5) is 12.4. The maximum atomic E-state index is 10.1. The summed E-state index contributed by atoms with van der Waals surface area (Å²) in [6.07, 6.45) is -5.01. The molecule has 0 aliphatic heterocycles. The van der Waals surface area contributed by atoms with Gasteiger partial charge in [-0.25, -0.2) is 0 Å².